The Bertz CT molecular complexity index is 703. The van der Waals surface area contributed by atoms with E-state index in [1.165, 1.54) is 11.0 Å². The molecule has 1 fully saturated rings. The standard InChI is InChI=1S/C14H18N6O2S/c1-10-7-12(11(2)23-10)14(22)19-5-3-18(4-6-19)13(21)8-20-9-15-16-17-20/h7,9H,3-6,8H2,1-2H3. The zero-order valence-electron chi connectivity index (χ0n) is 13.1. The average Bonchev–Trinajstić information content (AvgIpc) is 3.16. The van der Waals surface area contributed by atoms with Crippen LogP contribution in [-0.4, -0.2) is 68.0 Å². The molecule has 0 aromatic carbocycles. The van der Waals surface area contributed by atoms with Crippen molar-refractivity contribution in [2.45, 2.75) is 20.4 Å². The second-order valence-electron chi connectivity index (χ2n) is 5.51. The van der Waals surface area contributed by atoms with Gasteiger partial charge in [0.15, 0.2) is 0 Å². The molecule has 0 radical (unpaired) electrons. The van der Waals surface area contributed by atoms with Crippen molar-refractivity contribution in [2.24, 2.45) is 0 Å². The molecule has 8 nitrogen and oxygen atoms in total. The zero-order chi connectivity index (χ0) is 16.4. The summed E-state index contributed by atoms with van der Waals surface area (Å²) in [5.41, 5.74) is 0.779. The molecule has 0 atom stereocenters. The van der Waals surface area contributed by atoms with Crippen LogP contribution in [0.25, 0.3) is 0 Å². The van der Waals surface area contributed by atoms with E-state index in [9.17, 15) is 9.59 Å². The third kappa shape index (κ3) is 3.39. The Hall–Kier alpha value is -2.29. The first-order valence-electron chi connectivity index (χ1n) is 7.39. The molecule has 1 aliphatic rings. The number of tetrazole rings is 1. The first-order valence-corrected chi connectivity index (χ1v) is 8.21. The predicted molar refractivity (Wildman–Crippen MR) is 84.1 cm³/mol. The van der Waals surface area contributed by atoms with Crippen molar-refractivity contribution in [2.75, 3.05) is 26.2 Å². The van der Waals surface area contributed by atoms with Crippen LogP contribution in [0.3, 0.4) is 0 Å². The molecule has 2 amide bonds. The minimum Gasteiger partial charge on any atom is -0.338 e. The number of nitrogens with zero attached hydrogens (tertiary/aromatic N) is 6. The van der Waals surface area contributed by atoms with Gasteiger partial charge in [-0.2, -0.15) is 0 Å². The van der Waals surface area contributed by atoms with Crippen LogP contribution in [0.4, 0.5) is 0 Å². The fourth-order valence-electron chi connectivity index (χ4n) is 2.66. The maximum Gasteiger partial charge on any atom is 0.255 e. The quantitative estimate of drug-likeness (QED) is 0.808. The van der Waals surface area contributed by atoms with Gasteiger partial charge in [0, 0.05) is 35.9 Å². The van der Waals surface area contributed by atoms with Gasteiger partial charge in [-0.25, -0.2) is 4.68 Å². The minimum atomic E-state index is -0.0352. The maximum atomic E-state index is 12.6. The van der Waals surface area contributed by atoms with Crippen LogP contribution in [0.1, 0.15) is 20.1 Å². The predicted octanol–water partition coefficient (Wildman–Crippen LogP) is 0.336. The Balaban J connectivity index is 1.57. The number of piperazine rings is 1. The zero-order valence-corrected chi connectivity index (χ0v) is 13.9. The smallest absolute Gasteiger partial charge is 0.255 e. The summed E-state index contributed by atoms with van der Waals surface area (Å²) in [5.74, 6) is 0.0198. The minimum absolute atomic E-state index is 0.0352. The molecule has 0 aliphatic carbocycles. The molecule has 0 unspecified atom stereocenters. The number of hydrogen-bond acceptors (Lipinski definition) is 6. The summed E-state index contributed by atoms with van der Waals surface area (Å²) >= 11 is 1.64. The molecular formula is C14H18N6O2S. The number of aryl methyl sites for hydroxylation is 2. The molecule has 122 valence electrons. The van der Waals surface area contributed by atoms with Gasteiger partial charge in [0.1, 0.15) is 12.9 Å². The van der Waals surface area contributed by atoms with Gasteiger partial charge in [-0.05, 0) is 30.3 Å². The van der Waals surface area contributed by atoms with Crippen LogP contribution >= 0.6 is 11.3 Å². The number of hydrogen-bond donors (Lipinski definition) is 0. The van der Waals surface area contributed by atoms with Crippen LogP contribution in [0, 0.1) is 13.8 Å². The Kier molecular flexibility index (Phi) is 4.37. The lowest BCUT2D eigenvalue weighted by molar-refractivity contribution is -0.133. The number of amides is 2. The van der Waals surface area contributed by atoms with Crippen LogP contribution in [-0.2, 0) is 11.3 Å². The highest BCUT2D eigenvalue weighted by Gasteiger charge is 2.26. The molecule has 2 aromatic heterocycles. The van der Waals surface area contributed by atoms with E-state index in [1.54, 1.807) is 16.2 Å². The van der Waals surface area contributed by atoms with Crippen molar-refractivity contribution < 1.29 is 9.59 Å². The molecule has 1 saturated heterocycles. The van der Waals surface area contributed by atoms with E-state index in [0.29, 0.717) is 26.2 Å². The Labute approximate surface area is 137 Å². The summed E-state index contributed by atoms with van der Waals surface area (Å²) < 4.78 is 1.40. The third-order valence-electron chi connectivity index (χ3n) is 3.88. The van der Waals surface area contributed by atoms with E-state index >= 15 is 0 Å². The van der Waals surface area contributed by atoms with Gasteiger partial charge < -0.3 is 9.80 Å². The average molecular weight is 334 g/mol. The second kappa shape index (κ2) is 6.45. The van der Waals surface area contributed by atoms with Crippen molar-refractivity contribution in [3.8, 4) is 0 Å². The highest BCUT2D eigenvalue weighted by molar-refractivity contribution is 7.12. The van der Waals surface area contributed by atoms with E-state index in [2.05, 4.69) is 15.5 Å². The lowest BCUT2D eigenvalue weighted by Crippen LogP contribution is -2.51. The van der Waals surface area contributed by atoms with Crippen molar-refractivity contribution >= 4 is 23.2 Å². The fourth-order valence-corrected chi connectivity index (χ4v) is 3.58. The molecule has 2 aromatic rings. The monoisotopic (exact) mass is 334 g/mol. The lowest BCUT2D eigenvalue weighted by Gasteiger charge is -2.34. The van der Waals surface area contributed by atoms with Crippen LogP contribution < -0.4 is 0 Å². The largest absolute Gasteiger partial charge is 0.338 e. The highest BCUT2D eigenvalue weighted by atomic mass is 32.1. The number of carbonyl (C=O) groups is 2. The molecule has 0 N–H and O–H groups in total. The first kappa shape index (κ1) is 15.6. The summed E-state index contributed by atoms with van der Waals surface area (Å²) in [5, 5.41) is 10.7. The second-order valence-corrected chi connectivity index (χ2v) is 6.97. The van der Waals surface area contributed by atoms with E-state index in [-0.39, 0.29) is 18.4 Å². The maximum absolute atomic E-state index is 12.6. The molecule has 3 rings (SSSR count). The molecule has 9 heteroatoms. The van der Waals surface area contributed by atoms with Gasteiger partial charge in [0.25, 0.3) is 5.91 Å². The van der Waals surface area contributed by atoms with Crippen LogP contribution in [0.15, 0.2) is 12.4 Å². The molecular weight excluding hydrogens is 316 g/mol. The third-order valence-corrected chi connectivity index (χ3v) is 4.85. The van der Waals surface area contributed by atoms with E-state index in [4.69, 9.17) is 0 Å². The fraction of sp³-hybridized carbons (Fsp3) is 0.500. The first-order chi connectivity index (χ1) is 11.0. The molecule has 0 bridgehead atoms. The Morgan fingerprint density at radius 1 is 1.17 bits per heavy atom. The van der Waals surface area contributed by atoms with Crippen molar-refractivity contribution in [1.29, 1.82) is 0 Å². The summed E-state index contributed by atoms with van der Waals surface area (Å²) in [4.78, 5) is 30.5. The Morgan fingerprint density at radius 3 is 2.43 bits per heavy atom. The SMILES string of the molecule is Cc1cc(C(=O)N2CCN(C(=O)Cn3cnnn3)CC2)c(C)s1. The summed E-state index contributed by atoms with van der Waals surface area (Å²) in [7, 11) is 0. The summed E-state index contributed by atoms with van der Waals surface area (Å²) in [6.07, 6.45) is 1.42. The van der Waals surface area contributed by atoms with E-state index < -0.39 is 0 Å². The van der Waals surface area contributed by atoms with Gasteiger partial charge >= 0.3 is 0 Å². The Morgan fingerprint density at radius 2 is 1.87 bits per heavy atom. The van der Waals surface area contributed by atoms with Gasteiger partial charge in [0.2, 0.25) is 5.91 Å². The molecule has 3 heterocycles. The molecule has 0 spiro atoms. The number of rotatable bonds is 3. The van der Waals surface area contributed by atoms with Crippen LogP contribution in [0.2, 0.25) is 0 Å². The van der Waals surface area contributed by atoms with Gasteiger partial charge in [-0.15, -0.1) is 16.4 Å². The van der Waals surface area contributed by atoms with Gasteiger partial charge in [0.05, 0.1) is 5.56 Å². The summed E-state index contributed by atoms with van der Waals surface area (Å²) in [6.45, 7) is 6.28. The lowest BCUT2D eigenvalue weighted by atomic mass is 10.2. The van der Waals surface area contributed by atoms with Crippen LogP contribution in [0.5, 0.6) is 0 Å². The van der Waals surface area contributed by atoms with Crippen molar-refractivity contribution in [3.05, 3.63) is 27.7 Å². The van der Waals surface area contributed by atoms with Gasteiger partial charge in [-0.1, -0.05) is 0 Å². The number of carbonyl (C=O) groups excluding carboxylic acids is 2. The molecule has 23 heavy (non-hydrogen) atoms. The van der Waals surface area contributed by atoms with Crippen molar-refractivity contribution in [1.82, 2.24) is 30.0 Å². The van der Waals surface area contributed by atoms with E-state index in [0.717, 1.165) is 15.3 Å². The molecule has 1 aliphatic heterocycles. The number of aromatic nitrogens is 4. The molecule has 0 saturated carbocycles. The van der Waals surface area contributed by atoms with Crippen molar-refractivity contribution in [3.63, 3.8) is 0 Å². The number of thiophene rings is 1. The van der Waals surface area contributed by atoms with Gasteiger partial charge in [-0.3, -0.25) is 9.59 Å². The highest BCUT2D eigenvalue weighted by Crippen LogP contribution is 2.22. The van der Waals surface area contributed by atoms with E-state index in [1.807, 2.05) is 24.8 Å². The topological polar surface area (TPSA) is 84.2 Å². The summed E-state index contributed by atoms with van der Waals surface area (Å²) in [6, 6.07) is 1.94. The normalized spacial score (nSPS) is 15.0.